The zero-order valence-corrected chi connectivity index (χ0v) is 12.5. The van der Waals surface area contributed by atoms with E-state index in [1.165, 1.54) is 24.4 Å². The van der Waals surface area contributed by atoms with Gasteiger partial charge in [0.15, 0.2) is 0 Å². The van der Waals surface area contributed by atoms with Crippen molar-refractivity contribution in [2.75, 3.05) is 4.72 Å². The highest BCUT2D eigenvalue weighted by atomic mass is 35.5. The summed E-state index contributed by atoms with van der Waals surface area (Å²) in [6.45, 7) is 0. The van der Waals surface area contributed by atoms with E-state index in [9.17, 15) is 18.5 Å². The summed E-state index contributed by atoms with van der Waals surface area (Å²) >= 11 is 11.5. The Kier molecular flexibility index (Phi) is 4.31. The zero-order valence-electron chi connectivity index (χ0n) is 10.2. The Hall–Kier alpha value is -1.90. The van der Waals surface area contributed by atoms with Gasteiger partial charge in [0.25, 0.3) is 15.7 Å². The highest BCUT2D eigenvalue weighted by Gasteiger charge is 2.18. The molecule has 7 nitrogen and oxygen atoms in total. The van der Waals surface area contributed by atoms with Crippen molar-refractivity contribution in [2.45, 2.75) is 4.90 Å². The van der Waals surface area contributed by atoms with Crippen LogP contribution in [0, 0.1) is 10.1 Å². The summed E-state index contributed by atoms with van der Waals surface area (Å²) in [6.07, 6.45) is 1.23. The number of sulfonamides is 1. The van der Waals surface area contributed by atoms with E-state index in [1.807, 2.05) is 0 Å². The van der Waals surface area contributed by atoms with Crippen molar-refractivity contribution >= 4 is 44.6 Å². The molecule has 1 aromatic heterocycles. The molecule has 10 heteroatoms. The van der Waals surface area contributed by atoms with Gasteiger partial charge in [-0.05, 0) is 18.2 Å². The molecule has 0 atom stereocenters. The van der Waals surface area contributed by atoms with E-state index in [2.05, 4.69) is 9.71 Å². The normalized spacial score (nSPS) is 11.1. The summed E-state index contributed by atoms with van der Waals surface area (Å²) in [6, 6.07) is 5.82. The van der Waals surface area contributed by atoms with E-state index in [-0.39, 0.29) is 26.4 Å². The van der Waals surface area contributed by atoms with E-state index in [0.29, 0.717) is 0 Å². The lowest BCUT2D eigenvalue weighted by Crippen LogP contribution is -2.13. The lowest BCUT2D eigenvalue weighted by molar-refractivity contribution is -0.384. The van der Waals surface area contributed by atoms with Crippen molar-refractivity contribution in [3.8, 4) is 0 Å². The lowest BCUT2D eigenvalue weighted by atomic mass is 10.3. The van der Waals surface area contributed by atoms with Gasteiger partial charge in [0, 0.05) is 18.3 Å². The fourth-order valence-electron chi connectivity index (χ4n) is 1.46. The molecule has 0 fully saturated rings. The molecular weight excluding hydrogens is 341 g/mol. The first kappa shape index (κ1) is 15.5. The van der Waals surface area contributed by atoms with Crippen LogP contribution < -0.4 is 4.72 Å². The molecule has 0 aliphatic carbocycles. The monoisotopic (exact) mass is 347 g/mol. The molecule has 0 aliphatic rings. The molecule has 0 aliphatic heterocycles. The number of nitro groups is 1. The van der Waals surface area contributed by atoms with E-state index >= 15 is 0 Å². The first-order valence-corrected chi connectivity index (χ1v) is 7.62. The molecule has 1 aromatic carbocycles. The van der Waals surface area contributed by atoms with Crippen molar-refractivity contribution in [3.05, 3.63) is 56.8 Å². The second-order valence-electron chi connectivity index (χ2n) is 3.84. The maximum atomic E-state index is 12.2. The van der Waals surface area contributed by atoms with Crippen molar-refractivity contribution < 1.29 is 13.3 Å². The van der Waals surface area contributed by atoms with Crippen LogP contribution in [-0.2, 0) is 10.0 Å². The van der Waals surface area contributed by atoms with Gasteiger partial charge in [0.1, 0.15) is 5.15 Å². The summed E-state index contributed by atoms with van der Waals surface area (Å²) in [5, 5.41) is 10.7. The molecule has 0 bridgehead atoms. The number of aromatic nitrogens is 1. The molecule has 0 saturated carbocycles. The molecule has 21 heavy (non-hydrogen) atoms. The predicted molar refractivity (Wildman–Crippen MR) is 78.2 cm³/mol. The third-order valence-corrected chi connectivity index (χ3v) is 4.31. The van der Waals surface area contributed by atoms with Crippen molar-refractivity contribution in [3.63, 3.8) is 0 Å². The SMILES string of the molecule is O=[N+]([O-])c1ccc(Cl)c(NS(=O)(=O)c2ccnc(Cl)c2)c1. The maximum Gasteiger partial charge on any atom is 0.271 e. The summed E-state index contributed by atoms with van der Waals surface area (Å²) in [4.78, 5) is 13.6. The molecule has 0 radical (unpaired) electrons. The summed E-state index contributed by atoms with van der Waals surface area (Å²) < 4.78 is 26.5. The Labute approximate surface area is 129 Å². The topological polar surface area (TPSA) is 102 Å². The van der Waals surface area contributed by atoms with Crippen molar-refractivity contribution in [1.82, 2.24) is 4.98 Å². The van der Waals surface area contributed by atoms with Crippen LogP contribution in [-0.4, -0.2) is 18.3 Å². The van der Waals surface area contributed by atoms with Gasteiger partial charge in [0.2, 0.25) is 0 Å². The van der Waals surface area contributed by atoms with Crippen LogP contribution in [0.5, 0.6) is 0 Å². The Morgan fingerprint density at radius 3 is 2.52 bits per heavy atom. The van der Waals surface area contributed by atoms with Gasteiger partial charge in [-0.1, -0.05) is 23.2 Å². The van der Waals surface area contributed by atoms with Gasteiger partial charge in [-0.25, -0.2) is 13.4 Å². The third-order valence-electron chi connectivity index (χ3n) is 2.41. The number of anilines is 1. The van der Waals surface area contributed by atoms with Gasteiger partial charge < -0.3 is 0 Å². The van der Waals surface area contributed by atoms with Crippen LogP contribution in [0.4, 0.5) is 11.4 Å². The summed E-state index contributed by atoms with van der Waals surface area (Å²) in [5.41, 5.74) is -0.385. The van der Waals surface area contributed by atoms with E-state index in [4.69, 9.17) is 23.2 Å². The number of nitrogens with one attached hydrogen (secondary N) is 1. The minimum Gasteiger partial charge on any atom is -0.278 e. The quantitative estimate of drug-likeness (QED) is 0.520. The standard InChI is InChI=1S/C11H7Cl2N3O4S/c12-9-2-1-7(16(17)18)5-10(9)15-21(19,20)8-3-4-14-11(13)6-8/h1-6,15H. The average molecular weight is 348 g/mol. The number of halogens is 2. The van der Waals surface area contributed by atoms with Crippen LogP contribution in [0.2, 0.25) is 10.2 Å². The molecule has 2 rings (SSSR count). The number of hydrogen-bond acceptors (Lipinski definition) is 5. The van der Waals surface area contributed by atoms with Gasteiger partial charge in [-0.3, -0.25) is 14.8 Å². The molecule has 2 aromatic rings. The van der Waals surface area contributed by atoms with Crippen LogP contribution in [0.25, 0.3) is 0 Å². The minimum absolute atomic E-state index is 0.00279. The molecular formula is C11H7Cl2N3O4S. The fourth-order valence-corrected chi connectivity index (χ4v) is 3.00. The molecule has 0 spiro atoms. The van der Waals surface area contributed by atoms with Crippen molar-refractivity contribution in [1.29, 1.82) is 0 Å². The zero-order chi connectivity index (χ0) is 15.6. The summed E-state index contributed by atoms with van der Waals surface area (Å²) in [5.74, 6) is 0. The molecule has 0 saturated heterocycles. The molecule has 1 N–H and O–H groups in total. The van der Waals surface area contributed by atoms with E-state index in [0.717, 1.165) is 12.1 Å². The Balaban J connectivity index is 2.41. The van der Waals surface area contributed by atoms with E-state index < -0.39 is 14.9 Å². The first-order valence-electron chi connectivity index (χ1n) is 5.38. The Bertz CT molecular complexity index is 811. The van der Waals surface area contributed by atoms with Gasteiger partial charge in [0.05, 0.1) is 20.5 Å². The Morgan fingerprint density at radius 2 is 1.90 bits per heavy atom. The fraction of sp³-hybridized carbons (Fsp3) is 0. The predicted octanol–water partition coefficient (Wildman–Crippen LogP) is 3.10. The van der Waals surface area contributed by atoms with Crippen LogP contribution >= 0.6 is 23.2 Å². The van der Waals surface area contributed by atoms with Crippen LogP contribution in [0.3, 0.4) is 0 Å². The third kappa shape index (κ3) is 3.60. The minimum atomic E-state index is -3.98. The smallest absolute Gasteiger partial charge is 0.271 e. The maximum absolute atomic E-state index is 12.2. The highest BCUT2D eigenvalue weighted by molar-refractivity contribution is 7.92. The largest absolute Gasteiger partial charge is 0.278 e. The number of non-ortho nitro benzene ring substituents is 1. The van der Waals surface area contributed by atoms with Crippen LogP contribution in [0.15, 0.2) is 41.4 Å². The van der Waals surface area contributed by atoms with Gasteiger partial charge in [-0.15, -0.1) is 0 Å². The number of pyridine rings is 1. The second-order valence-corrected chi connectivity index (χ2v) is 6.32. The number of benzene rings is 1. The van der Waals surface area contributed by atoms with Crippen molar-refractivity contribution in [2.24, 2.45) is 0 Å². The molecule has 0 unspecified atom stereocenters. The number of nitro benzene ring substituents is 1. The number of rotatable bonds is 4. The first-order chi connectivity index (χ1) is 9.79. The Morgan fingerprint density at radius 1 is 1.19 bits per heavy atom. The summed E-state index contributed by atoms with van der Waals surface area (Å²) in [7, 11) is -3.98. The van der Waals surface area contributed by atoms with E-state index in [1.54, 1.807) is 0 Å². The van der Waals surface area contributed by atoms with Crippen LogP contribution in [0.1, 0.15) is 0 Å². The molecule has 1 heterocycles. The lowest BCUT2D eigenvalue weighted by Gasteiger charge is -2.09. The molecule has 0 amide bonds. The average Bonchev–Trinajstić information content (AvgIpc) is 2.41. The molecule has 110 valence electrons. The van der Waals surface area contributed by atoms with Gasteiger partial charge in [-0.2, -0.15) is 0 Å². The highest BCUT2D eigenvalue weighted by Crippen LogP contribution is 2.29. The van der Waals surface area contributed by atoms with Gasteiger partial charge >= 0.3 is 0 Å². The second kappa shape index (κ2) is 5.84. The number of hydrogen-bond donors (Lipinski definition) is 1. The number of nitrogens with zero attached hydrogens (tertiary/aromatic N) is 2.